The van der Waals surface area contributed by atoms with Crippen LogP contribution in [0.15, 0.2) is 0 Å². The lowest BCUT2D eigenvalue weighted by Gasteiger charge is -2.03. The summed E-state index contributed by atoms with van der Waals surface area (Å²) >= 11 is 0. The van der Waals surface area contributed by atoms with Crippen molar-refractivity contribution in [1.29, 1.82) is 0 Å². The molecule has 0 N–H and O–H groups in total. The summed E-state index contributed by atoms with van der Waals surface area (Å²) in [6, 6.07) is 0. The molecular weight excluding hydrogens is 132 g/mol. The molecule has 3 heteroatoms. The Morgan fingerprint density at radius 2 is 2.20 bits per heavy atom. The third kappa shape index (κ3) is 3.79. The molecule has 0 aliphatic heterocycles. The quantitative estimate of drug-likeness (QED) is 0.407. The first-order valence-electron chi connectivity index (χ1n) is 2.87. The van der Waals surface area contributed by atoms with Crippen LogP contribution in [0.1, 0.15) is 13.8 Å². The van der Waals surface area contributed by atoms with E-state index in [1.54, 1.807) is 13.8 Å². The van der Waals surface area contributed by atoms with Gasteiger partial charge in [0.1, 0.15) is 0 Å². The second-order valence-corrected chi connectivity index (χ2v) is 1.61. The van der Waals surface area contributed by atoms with Gasteiger partial charge in [-0.15, -0.1) is 5.92 Å². The minimum atomic E-state index is -0.699. The van der Waals surface area contributed by atoms with Crippen molar-refractivity contribution in [1.82, 2.24) is 0 Å². The lowest BCUT2D eigenvalue weighted by molar-refractivity contribution is 0.0604. The fourth-order valence-corrected chi connectivity index (χ4v) is 0.425. The molecule has 0 saturated carbocycles. The van der Waals surface area contributed by atoms with Gasteiger partial charge in [-0.05, 0) is 13.8 Å². The summed E-state index contributed by atoms with van der Waals surface area (Å²) in [7, 11) is 1.26. The fourth-order valence-electron chi connectivity index (χ4n) is 0.425. The van der Waals surface area contributed by atoms with Crippen molar-refractivity contribution in [3.05, 3.63) is 0 Å². The predicted molar refractivity (Wildman–Crippen MR) is 36.4 cm³/mol. The minimum Gasteiger partial charge on any atom is -0.438 e. The zero-order valence-corrected chi connectivity index (χ0v) is 6.30. The molecule has 0 rings (SSSR count). The molecule has 0 radical (unpaired) electrons. The van der Waals surface area contributed by atoms with E-state index in [1.807, 2.05) is 0 Å². The van der Waals surface area contributed by atoms with E-state index in [4.69, 9.17) is 0 Å². The fraction of sp³-hybridized carbons (Fsp3) is 0.571. The lowest BCUT2D eigenvalue weighted by Crippen LogP contribution is -2.12. The Kier molecular flexibility index (Phi) is 4.14. The Morgan fingerprint density at radius 1 is 1.60 bits per heavy atom. The molecule has 0 aromatic rings. The van der Waals surface area contributed by atoms with Crippen molar-refractivity contribution in [3.8, 4) is 11.8 Å². The van der Waals surface area contributed by atoms with Crippen LogP contribution in [-0.2, 0) is 9.47 Å². The van der Waals surface area contributed by atoms with Crippen molar-refractivity contribution in [2.75, 3.05) is 7.11 Å². The van der Waals surface area contributed by atoms with Crippen molar-refractivity contribution in [2.24, 2.45) is 0 Å². The highest BCUT2D eigenvalue weighted by atomic mass is 16.7. The Balaban J connectivity index is 3.64. The topological polar surface area (TPSA) is 35.5 Å². The van der Waals surface area contributed by atoms with E-state index in [0.29, 0.717) is 0 Å². The third-order valence-electron chi connectivity index (χ3n) is 0.787. The van der Waals surface area contributed by atoms with Crippen LogP contribution in [0.4, 0.5) is 4.79 Å². The van der Waals surface area contributed by atoms with Crippen molar-refractivity contribution in [3.63, 3.8) is 0 Å². The summed E-state index contributed by atoms with van der Waals surface area (Å²) in [5.41, 5.74) is 0. The maximum absolute atomic E-state index is 10.4. The maximum atomic E-state index is 10.4. The number of ether oxygens (including phenoxy) is 2. The van der Waals surface area contributed by atoms with Gasteiger partial charge < -0.3 is 9.47 Å². The van der Waals surface area contributed by atoms with Crippen molar-refractivity contribution >= 4 is 6.16 Å². The highest BCUT2D eigenvalue weighted by molar-refractivity contribution is 5.60. The summed E-state index contributed by atoms with van der Waals surface area (Å²) in [5, 5.41) is 0. The molecule has 0 spiro atoms. The second-order valence-electron chi connectivity index (χ2n) is 1.61. The molecule has 0 bridgehead atoms. The van der Waals surface area contributed by atoms with E-state index in [2.05, 4.69) is 21.3 Å². The second kappa shape index (κ2) is 4.68. The van der Waals surface area contributed by atoms with Gasteiger partial charge in [0, 0.05) is 0 Å². The summed E-state index contributed by atoms with van der Waals surface area (Å²) < 4.78 is 8.84. The molecule has 0 fully saturated rings. The van der Waals surface area contributed by atoms with E-state index >= 15 is 0 Å². The van der Waals surface area contributed by atoms with Crippen LogP contribution in [0.3, 0.4) is 0 Å². The smallest absolute Gasteiger partial charge is 0.438 e. The van der Waals surface area contributed by atoms with Gasteiger partial charge >= 0.3 is 6.16 Å². The number of hydrogen-bond donors (Lipinski definition) is 0. The molecule has 0 unspecified atom stereocenters. The summed E-state index contributed by atoms with van der Waals surface area (Å²) in [6.45, 7) is 3.35. The first kappa shape index (κ1) is 8.83. The van der Waals surface area contributed by atoms with Crippen LogP contribution in [0.5, 0.6) is 0 Å². The molecule has 0 saturated heterocycles. The van der Waals surface area contributed by atoms with Gasteiger partial charge in [0.25, 0.3) is 0 Å². The van der Waals surface area contributed by atoms with Gasteiger partial charge in [-0.25, -0.2) is 4.79 Å². The van der Waals surface area contributed by atoms with Gasteiger partial charge in [-0.2, -0.15) is 0 Å². The molecule has 1 atom stereocenters. The van der Waals surface area contributed by atoms with Crippen LogP contribution >= 0.6 is 0 Å². The average Bonchev–Trinajstić information content (AvgIpc) is 1.88. The summed E-state index contributed by atoms with van der Waals surface area (Å²) in [4.78, 5) is 10.4. The summed E-state index contributed by atoms with van der Waals surface area (Å²) in [6.07, 6.45) is -1.09. The van der Waals surface area contributed by atoms with Crippen molar-refractivity contribution < 1.29 is 14.3 Å². The molecule has 0 aromatic heterocycles. The SMILES string of the molecule is CC#C[C@H](C)OC(=O)OC. The van der Waals surface area contributed by atoms with Crippen LogP contribution in [-0.4, -0.2) is 19.4 Å². The molecule has 0 aliphatic rings. The first-order chi connectivity index (χ1) is 4.70. The molecule has 0 aliphatic carbocycles. The normalized spacial score (nSPS) is 10.7. The van der Waals surface area contributed by atoms with Gasteiger partial charge in [-0.1, -0.05) is 5.92 Å². The van der Waals surface area contributed by atoms with Crippen LogP contribution in [0, 0.1) is 11.8 Å². The molecule has 56 valence electrons. The molecule has 3 nitrogen and oxygen atoms in total. The highest BCUT2D eigenvalue weighted by Crippen LogP contribution is 1.90. The average molecular weight is 142 g/mol. The molecule has 0 aromatic carbocycles. The Labute approximate surface area is 60.3 Å². The monoisotopic (exact) mass is 142 g/mol. The number of carbonyl (C=O) groups excluding carboxylic acids is 1. The van der Waals surface area contributed by atoms with Crippen LogP contribution < -0.4 is 0 Å². The lowest BCUT2D eigenvalue weighted by atomic mass is 10.4. The minimum absolute atomic E-state index is 0.391. The largest absolute Gasteiger partial charge is 0.509 e. The zero-order chi connectivity index (χ0) is 7.98. The molecule has 0 heterocycles. The zero-order valence-electron chi connectivity index (χ0n) is 6.30. The van der Waals surface area contributed by atoms with E-state index in [-0.39, 0.29) is 0 Å². The number of rotatable bonds is 1. The van der Waals surface area contributed by atoms with E-state index < -0.39 is 12.3 Å². The van der Waals surface area contributed by atoms with Crippen LogP contribution in [0.25, 0.3) is 0 Å². The Morgan fingerprint density at radius 3 is 2.60 bits per heavy atom. The predicted octanol–water partition coefficient (Wildman–Crippen LogP) is 1.18. The third-order valence-corrected chi connectivity index (χ3v) is 0.787. The Bertz CT molecular complexity index is 163. The molecular formula is C7H10O3. The standard InChI is InChI=1S/C7H10O3/c1-4-5-6(2)10-7(8)9-3/h6H,1-3H3/t6-/m0/s1. The summed E-state index contributed by atoms with van der Waals surface area (Å²) in [5.74, 6) is 5.25. The van der Waals surface area contributed by atoms with E-state index in [9.17, 15) is 4.79 Å². The van der Waals surface area contributed by atoms with Crippen molar-refractivity contribution in [2.45, 2.75) is 20.0 Å². The van der Waals surface area contributed by atoms with E-state index in [0.717, 1.165) is 0 Å². The van der Waals surface area contributed by atoms with Gasteiger partial charge in [0.15, 0.2) is 6.10 Å². The van der Waals surface area contributed by atoms with Gasteiger partial charge in [-0.3, -0.25) is 0 Å². The van der Waals surface area contributed by atoms with E-state index in [1.165, 1.54) is 7.11 Å². The van der Waals surface area contributed by atoms with Gasteiger partial charge in [0.05, 0.1) is 7.11 Å². The molecule has 10 heavy (non-hydrogen) atoms. The maximum Gasteiger partial charge on any atom is 0.509 e. The highest BCUT2D eigenvalue weighted by Gasteiger charge is 2.04. The number of carbonyl (C=O) groups is 1. The number of hydrogen-bond acceptors (Lipinski definition) is 3. The first-order valence-corrected chi connectivity index (χ1v) is 2.87. The Hall–Kier alpha value is -1.17. The number of methoxy groups -OCH3 is 1. The molecule has 0 amide bonds. The van der Waals surface area contributed by atoms with Crippen LogP contribution in [0.2, 0.25) is 0 Å². The van der Waals surface area contributed by atoms with Gasteiger partial charge in [0.2, 0.25) is 0 Å².